The van der Waals surface area contributed by atoms with Gasteiger partial charge in [0.15, 0.2) is 5.78 Å². The van der Waals surface area contributed by atoms with Gasteiger partial charge < -0.3 is 25.2 Å². The van der Waals surface area contributed by atoms with Crippen molar-refractivity contribution in [1.82, 2.24) is 0 Å². The minimum atomic E-state index is -1.57. The van der Waals surface area contributed by atoms with E-state index in [1.54, 1.807) is 13.8 Å². The van der Waals surface area contributed by atoms with Crippen LogP contribution in [0.5, 0.6) is 5.75 Å². The van der Waals surface area contributed by atoms with Gasteiger partial charge in [-0.2, -0.15) is 0 Å². The van der Waals surface area contributed by atoms with E-state index < -0.39 is 30.1 Å². The molecule has 1 aromatic carbocycles. The van der Waals surface area contributed by atoms with Gasteiger partial charge in [-0.15, -0.1) is 0 Å². The molecule has 0 amide bonds. The number of phenolic OH excluding ortho intramolecular Hbond substituents is 1. The molecule has 7 nitrogen and oxygen atoms in total. The maximum Gasteiger partial charge on any atom is 0.342 e. The molecule has 7 heteroatoms. The molecule has 0 aromatic heterocycles. The highest BCUT2D eigenvalue weighted by Crippen LogP contribution is 2.27. The molecule has 0 bridgehead atoms. The van der Waals surface area contributed by atoms with Crippen molar-refractivity contribution in [3.05, 3.63) is 47.1 Å². The van der Waals surface area contributed by atoms with Crippen molar-refractivity contribution in [3.63, 3.8) is 0 Å². The van der Waals surface area contributed by atoms with E-state index in [2.05, 4.69) is 0 Å². The highest BCUT2D eigenvalue weighted by Gasteiger charge is 2.25. The first-order valence-electron chi connectivity index (χ1n) is 8.67. The molecule has 0 radical (unpaired) electrons. The van der Waals surface area contributed by atoms with E-state index in [-0.39, 0.29) is 30.3 Å². The number of ether oxygens (including phenoxy) is 1. The maximum atomic E-state index is 12.6. The van der Waals surface area contributed by atoms with Crippen LogP contribution in [0.3, 0.4) is 0 Å². The highest BCUT2D eigenvalue weighted by atomic mass is 16.5. The van der Waals surface area contributed by atoms with E-state index >= 15 is 0 Å². The number of rotatable bonds is 1. The first-order chi connectivity index (χ1) is 12.7. The van der Waals surface area contributed by atoms with E-state index in [1.807, 2.05) is 0 Å². The Morgan fingerprint density at radius 2 is 1.85 bits per heavy atom. The molecule has 0 aliphatic carbocycles. The van der Waals surface area contributed by atoms with Crippen molar-refractivity contribution in [1.29, 1.82) is 0 Å². The molecule has 1 aliphatic rings. The van der Waals surface area contributed by atoms with Crippen molar-refractivity contribution in [2.75, 3.05) is 0 Å². The molecule has 1 heterocycles. The molecule has 0 unspecified atom stereocenters. The number of aliphatic hydroxyl groups excluding tert-OH is 3. The first-order valence-corrected chi connectivity index (χ1v) is 8.67. The van der Waals surface area contributed by atoms with Crippen LogP contribution in [0.15, 0.2) is 30.4 Å². The van der Waals surface area contributed by atoms with E-state index in [9.17, 15) is 30.0 Å². The number of carbonyl (C=O) groups is 2. The van der Waals surface area contributed by atoms with Crippen LogP contribution in [-0.2, 0) is 16.1 Å². The highest BCUT2D eigenvalue weighted by molar-refractivity contribution is 5.97. The van der Waals surface area contributed by atoms with Crippen LogP contribution in [0, 0.1) is 5.92 Å². The van der Waals surface area contributed by atoms with Gasteiger partial charge in [0.2, 0.25) is 0 Å². The number of carbonyl (C=O) groups excluding carboxylic acids is 2. The van der Waals surface area contributed by atoms with Crippen LogP contribution in [0.25, 0.3) is 6.08 Å². The Labute approximate surface area is 157 Å². The monoisotopic (exact) mass is 376 g/mol. The fraction of sp³-hybridized carbons (Fsp3) is 0.400. The summed E-state index contributed by atoms with van der Waals surface area (Å²) in [6.45, 7) is 3.03. The van der Waals surface area contributed by atoms with E-state index in [4.69, 9.17) is 4.74 Å². The summed E-state index contributed by atoms with van der Waals surface area (Å²) >= 11 is 0. The molecule has 0 fully saturated rings. The number of aromatic hydroxyl groups is 1. The van der Waals surface area contributed by atoms with Gasteiger partial charge >= 0.3 is 5.97 Å². The number of phenols is 1. The topological polar surface area (TPSA) is 124 Å². The Morgan fingerprint density at radius 1 is 1.15 bits per heavy atom. The number of esters is 1. The van der Waals surface area contributed by atoms with Crippen molar-refractivity contribution in [2.45, 2.75) is 45.2 Å². The lowest BCUT2D eigenvalue weighted by Crippen LogP contribution is -2.32. The zero-order valence-corrected chi connectivity index (χ0v) is 15.2. The van der Waals surface area contributed by atoms with Gasteiger partial charge in [-0.3, -0.25) is 4.79 Å². The molecule has 1 aromatic rings. The molecule has 146 valence electrons. The number of hydrogen-bond donors (Lipinski definition) is 4. The fourth-order valence-corrected chi connectivity index (χ4v) is 2.64. The molecule has 0 spiro atoms. The predicted molar refractivity (Wildman–Crippen MR) is 97.9 cm³/mol. The maximum absolute atomic E-state index is 12.6. The average molecular weight is 376 g/mol. The summed E-state index contributed by atoms with van der Waals surface area (Å²) in [5.41, 5.74) is 0.629. The minimum Gasteiger partial charge on any atom is -0.507 e. The third-order valence-electron chi connectivity index (χ3n) is 4.52. The average Bonchev–Trinajstić information content (AvgIpc) is 2.63. The van der Waals surface area contributed by atoms with Crippen LogP contribution >= 0.6 is 0 Å². The molecular formula is C20H24O7. The molecular weight excluding hydrogens is 352 g/mol. The number of benzene rings is 1. The summed E-state index contributed by atoms with van der Waals surface area (Å²) in [5.74, 6) is -2.06. The van der Waals surface area contributed by atoms with E-state index in [1.165, 1.54) is 30.4 Å². The van der Waals surface area contributed by atoms with Crippen LogP contribution < -0.4 is 0 Å². The summed E-state index contributed by atoms with van der Waals surface area (Å²) in [6, 6.07) is 2.79. The molecule has 0 saturated heterocycles. The lowest BCUT2D eigenvalue weighted by Gasteiger charge is -2.20. The SMILES string of the molecule is C[C@@H]1OC(=O)c2c(O)cc(CO)cc2/C=C/C[C@H](O)[C@H](O)C(=O)/C=C\[C@@H]1C. The largest absolute Gasteiger partial charge is 0.507 e. The number of fused-ring (bicyclic) bond motifs is 1. The van der Waals surface area contributed by atoms with Gasteiger partial charge in [0.25, 0.3) is 0 Å². The normalized spacial score (nSPS) is 29.4. The molecule has 1 aliphatic heterocycles. The summed E-state index contributed by atoms with van der Waals surface area (Å²) in [6.07, 6.45) is 2.03. The number of ketones is 1. The number of hydrogen-bond acceptors (Lipinski definition) is 7. The third kappa shape index (κ3) is 5.03. The quantitative estimate of drug-likeness (QED) is 0.545. The van der Waals surface area contributed by atoms with Gasteiger partial charge in [-0.25, -0.2) is 4.79 Å². The second kappa shape index (κ2) is 8.94. The van der Waals surface area contributed by atoms with Gasteiger partial charge in [-0.1, -0.05) is 25.2 Å². The van der Waals surface area contributed by atoms with E-state index in [0.717, 1.165) is 6.08 Å². The molecule has 27 heavy (non-hydrogen) atoms. The first kappa shape index (κ1) is 20.8. The number of cyclic esters (lactones) is 1. The Balaban J connectivity index is 2.50. The van der Waals surface area contributed by atoms with Crippen molar-refractivity contribution in [2.24, 2.45) is 5.92 Å². The third-order valence-corrected chi connectivity index (χ3v) is 4.52. The van der Waals surface area contributed by atoms with Gasteiger partial charge in [-0.05, 0) is 42.7 Å². The van der Waals surface area contributed by atoms with Crippen LogP contribution in [0.2, 0.25) is 0 Å². The second-order valence-corrected chi connectivity index (χ2v) is 6.62. The molecule has 4 atom stereocenters. The smallest absolute Gasteiger partial charge is 0.342 e. The summed E-state index contributed by atoms with van der Waals surface area (Å²) in [7, 11) is 0. The summed E-state index contributed by atoms with van der Waals surface area (Å²) < 4.78 is 5.40. The van der Waals surface area contributed by atoms with Gasteiger partial charge in [0.1, 0.15) is 23.5 Å². The van der Waals surface area contributed by atoms with Gasteiger partial charge in [0.05, 0.1) is 12.7 Å². The second-order valence-electron chi connectivity index (χ2n) is 6.62. The van der Waals surface area contributed by atoms with E-state index in [0.29, 0.717) is 11.1 Å². The molecule has 2 rings (SSSR count). The fourth-order valence-electron chi connectivity index (χ4n) is 2.64. The Kier molecular flexibility index (Phi) is 6.90. The number of aliphatic hydroxyl groups is 3. The molecule has 4 N–H and O–H groups in total. The van der Waals surface area contributed by atoms with Gasteiger partial charge in [0, 0.05) is 5.92 Å². The zero-order chi connectivity index (χ0) is 20.1. The summed E-state index contributed by atoms with van der Waals surface area (Å²) in [5, 5.41) is 39.5. The van der Waals surface area contributed by atoms with Crippen LogP contribution in [0.4, 0.5) is 0 Å². The Bertz CT molecular complexity index is 766. The minimum absolute atomic E-state index is 0.0503. The summed E-state index contributed by atoms with van der Waals surface area (Å²) in [4.78, 5) is 24.5. The van der Waals surface area contributed by atoms with Crippen molar-refractivity contribution < 1.29 is 34.8 Å². The Morgan fingerprint density at radius 3 is 2.52 bits per heavy atom. The van der Waals surface area contributed by atoms with Crippen LogP contribution in [0.1, 0.15) is 41.8 Å². The van der Waals surface area contributed by atoms with Crippen molar-refractivity contribution >= 4 is 17.8 Å². The van der Waals surface area contributed by atoms with Crippen molar-refractivity contribution in [3.8, 4) is 5.75 Å². The zero-order valence-electron chi connectivity index (χ0n) is 15.2. The lowest BCUT2D eigenvalue weighted by molar-refractivity contribution is -0.127. The predicted octanol–water partition coefficient (Wildman–Crippen LogP) is 1.33. The Hall–Kier alpha value is -2.48. The van der Waals surface area contributed by atoms with Crippen LogP contribution in [-0.4, -0.2) is 50.5 Å². The standard InChI is InChI=1S/C20H24O7/c1-11-6-7-16(23)19(25)15(22)5-3-4-14-8-13(10-21)9-17(24)18(14)20(26)27-12(11)2/h3-4,6-9,11-12,15,19,21-22,24-25H,5,10H2,1-2H3/b4-3+,7-6-/t11-,12-,15-,19-/m0/s1. The lowest BCUT2D eigenvalue weighted by atomic mass is 9.98. The molecule has 0 saturated carbocycles.